The molecule has 0 aromatic rings. The molecule has 0 aromatic carbocycles. The van der Waals surface area contributed by atoms with Gasteiger partial charge >= 0.3 is 6.76 Å². The first-order valence-corrected chi connectivity index (χ1v) is 3.43. The molecule has 0 unspecified atom stereocenters. The van der Waals surface area contributed by atoms with E-state index in [0.717, 1.165) is 7.11 Å². The highest BCUT2D eigenvalue weighted by Crippen LogP contribution is 1.88. The Kier molecular flexibility index (Phi) is 3.79. The van der Waals surface area contributed by atoms with Gasteiger partial charge in [-0.2, -0.15) is 0 Å². The molecule has 0 aliphatic rings. The van der Waals surface area contributed by atoms with Gasteiger partial charge in [0.15, 0.2) is 0 Å². The molecule has 0 atom stereocenters. The predicted molar refractivity (Wildman–Crippen MR) is 29.8 cm³/mol. The second kappa shape index (κ2) is 3.83. The van der Waals surface area contributed by atoms with E-state index in [0.29, 0.717) is 6.76 Å². The summed E-state index contributed by atoms with van der Waals surface area (Å²) in [7, 11) is -1.48. The summed E-state index contributed by atoms with van der Waals surface area (Å²) < 4.78 is 28.5. The molecule has 0 N–H and O–H groups in total. The van der Waals surface area contributed by atoms with Gasteiger partial charge < -0.3 is 4.65 Å². The van der Waals surface area contributed by atoms with Crippen molar-refractivity contribution in [2.45, 2.75) is 0 Å². The van der Waals surface area contributed by atoms with E-state index in [1.807, 2.05) is 0 Å². The van der Waals surface area contributed by atoms with Gasteiger partial charge in [0.25, 0.3) is 9.97 Å². The van der Waals surface area contributed by atoms with Crippen LogP contribution in [0.3, 0.4) is 0 Å². The Labute approximate surface area is 54.1 Å². The van der Waals surface area contributed by atoms with Crippen LogP contribution < -0.4 is 0 Å². The van der Waals surface area contributed by atoms with Gasteiger partial charge in [0.1, 0.15) is 0 Å². The lowest BCUT2D eigenvalue weighted by Gasteiger charge is -1.95. The number of hydrogen-bond acceptors (Lipinski definition) is 5. The zero-order valence-electron chi connectivity index (χ0n) is 5.03. The Morgan fingerprint density at radius 3 is 2.22 bits per heavy atom. The van der Waals surface area contributed by atoms with Gasteiger partial charge in [0.05, 0.1) is 7.11 Å². The Bertz CT molecular complexity index is 138. The second-order valence-electron chi connectivity index (χ2n) is 1.06. The Morgan fingerprint density at radius 1 is 1.33 bits per heavy atom. The van der Waals surface area contributed by atoms with E-state index >= 15 is 0 Å². The molecule has 0 saturated heterocycles. The lowest BCUT2D eigenvalue weighted by molar-refractivity contribution is -0.169. The molecule has 0 spiro atoms. The molecule has 0 aromatic heterocycles. The van der Waals surface area contributed by atoms with Gasteiger partial charge in [-0.15, -0.1) is 4.33 Å². The van der Waals surface area contributed by atoms with E-state index in [1.54, 1.807) is 0 Å². The van der Waals surface area contributed by atoms with Crippen molar-refractivity contribution >= 4 is 16.7 Å². The van der Waals surface area contributed by atoms with Gasteiger partial charge in [-0.3, -0.25) is 0 Å². The van der Waals surface area contributed by atoms with Crippen molar-refractivity contribution in [2.24, 2.45) is 0 Å². The van der Waals surface area contributed by atoms with E-state index < -0.39 is 9.97 Å². The third-order valence-electron chi connectivity index (χ3n) is 0.377. The highest BCUT2D eigenvalue weighted by atomic mass is 32.2. The standard InChI is InChI=1S/C2H6BO5S/c1-6-3-9(4,5)8-7-2/h1-2H3. The molecule has 0 amide bonds. The molecule has 0 rings (SSSR count). The zero-order chi connectivity index (χ0) is 7.33. The first kappa shape index (κ1) is 8.89. The van der Waals surface area contributed by atoms with E-state index in [9.17, 15) is 8.42 Å². The molecule has 0 heterocycles. The highest BCUT2D eigenvalue weighted by molar-refractivity contribution is 8.10. The van der Waals surface area contributed by atoms with E-state index in [-0.39, 0.29) is 0 Å². The van der Waals surface area contributed by atoms with Crippen LogP contribution >= 0.6 is 0 Å². The van der Waals surface area contributed by atoms with Crippen LogP contribution in [0.1, 0.15) is 0 Å². The largest absolute Gasteiger partial charge is 0.496 e. The van der Waals surface area contributed by atoms with E-state index in [4.69, 9.17) is 0 Å². The molecule has 5 nitrogen and oxygen atoms in total. The molecular weight excluding hydrogens is 147 g/mol. The predicted octanol–water partition coefficient (Wildman–Crippen LogP) is -0.925. The van der Waals surface area contributed by atoms with Crippen molar-refractivity contribution in [1.82, 2.24) is 0 Å². The van der Waals surface area contributed by atoms with Crippen molar-refractivity contribution in [3.05, 3.63) is 0 Å². The molecule has 0 bridgehead atoms. The minimum absolute atomic E-state index is 0.524. The minimum Gasteiger partial charge on any atom is -0.425 e. The summed E-state index contributed by atoms with van der Waals surface area (Å²) in [5, 5.41) is 0. The molecule has 0 aliphatic carbocycles. The average molecular weight is 153 g/mol. The van der Waals surface area contributed by atoms with Gasteiger partial charge in [-0.1, -0.05) is 0 Å². The first-order chi connectivity index (χ1) is 4.12. The summed E-state index contributed by atoms with van der Waals surface area (Å²) in [6.07, 6.45) is 0. The summed E-state index contributed by atoms with van der Waals surface area (Å²) in [4.78, 5) is 3.86. The third-order valence-corrected chi connectivity index (χ3v) is 1.13. The van der Waals surface area contributed by atoms with Crippen LogP contribution in [0.2, 0.25) is 0 Å². The molecule has 9 heavy (non-hydrogen) atoms. The summed E-state index contributed by atoms with van der Waals surface area (Å²) in [6, 6.07) is 0. The Morgan fingerprint density at radius 2 is 1.89 bits per heavy atom. The van der Waals surface area contributed by atoms with Crippen LogP contribution in [-0.2, 0) is 23.8 Å². The maximum absolute atomic E-state index is 10.3. The Hall–Kier alpha value is -0.105. The summed E-state index contributed by atoms with van der Waals surface area (Å²) in [6.45, 7) is 0.524. The van der Waals surface area contributed by atoms with Crippen LogP contribution in [-0.4, -0.2) is 29.4 Å². The van der Waals surface area contributed by atoms with E-state index in [1.165, 1.54) is 7.11 Å². The second-order valence-corrected chi connectivity index (χ2v) is 2.37. The van der Waals surface area contributed by atoms with Crippen LogP contribution in [0.4, 0.5) is 0 Å². The Balaban J connectivity index is 3.73. The first-order valence-electron chi connectivity index (χ1n) is 1.95. The molecule has 7 heteroatoms. The molecule has 53 valence electrons. The molecule has 0 fully saturated rings. The van der Waals surface area contributed by atoms with Gasteiger partial charge in [-0.25, -0.2) is 13.3 Å². The van der Waals surface area contributed by atoms with Crippen LogP contribution in [0, 0.1) is 0 Å². The van der Waals surface area contributed by atoms with Crippen molar-refractivity contribution in [2.75, 3.05) is 14.2 Å². The summed E-state index contributed by atoms with van der Waals surface area (Å²) >= 11 is 0. The fourth-order valence-corrected chi connectivity index (χ4v) is 0.686. The van der Waals surface area contributed by atoms with Crippen molar-refractivity contribution in [3.8, 4) is 0 Å². The van der Waals surface area contributed by atoms with Crippen LogP contribution in [0.5, 0.6) is 0 Å². The smallest absolute Gasteiger partial charge is 0.425 e. The van der Waals surface area contributed by atoms with Crippen LogP contribution in [0.15, 0.2) is 0 Å². The van der Waals surface area contributed by atoms with Crippen molar-refractivity contribution in [3.63, 3.8) is 0 Å². The zero-order valence-corrected chi connectivity index (χ0v) is 5.84. The SMILES string of the molecule is CO[B]S(=O)(=O)OOC. The van der Waals surface area contributed by atoms with Crippen molar-refractivity contribution < 1.29 is 22.3 Å². The van der Waals surface area contributed by atoms with Crippen LogP contribution in [0.25, 0.3) is 0 Å². The lowest BCUT2D eigenvalue weighted by Crippen LogP contribution is -2.14. The van der Waals surface area contributed by atoms with E-state index in [2.05, 4.69) is 13.9 Å². The summed E-state index contributed by atoms with van der Waals surface area (Å²) in [5.41, 5.74) is 0. The minimum atomic E-state index is -3.75. The molecular formula is C2H6BO5S. The van der Waals surface area contributed by atoms with Gasteiger partial charge in [-0.05, 0) is 0 Å². The van der Waals surface area contributed by atoms with Gasteiger partial charge in [0.2, 0.25) is 0 Å². The molecule has 0 saturated carbocycles. The maximum atomic E-state index is 10.3. The lowest BCUT2D eigenvalue weighted by atomic mass is 10.6. The fourth-order valence-electron chi connectivity index (χ4n) is 0.229. The third kappa shape index (κ3) is 4.40. The fraction of sp³-hybridized carbons (Fsp3) is 1.00. The summed E-state index contributed by atoms with van der Waals surface area (Å²) in [5.74, 6) is 0. The van der Waals surface area contributed by atoms with Gasteiger partial charge in [0, 0.05) is 7.11 Å². The molecule has 1 radical (unpaired) electrons. The highest BCUT2D eigenvalue weighted by Gasteiger charge is 2.14. The quantitative estimate of drug-likeness (QED) is 0.296. The number of rotatable bonds is 4. The maximum Gasteiger partial charge on any atom is 0.496 e. The molecule has 0 aliphatic heterocycles. The normalized spacial score (nSPS) is 11.3. The monoisotopic (exact) mass is 153 g/mol. The average Bonchev–Trinajstić information content (AvgIpc) is 1.64. The number of hydrogen-bond donors (Lipinski definition) is 0. The van der Waals surface area contributed by atoms with Crippen molar-refractivity contribution in [1.29, 1.82) is 0 Å². The topological polar surface area (TPSA) is 61.8 Å².